The molecule has 0 aliphatic heterocycles. The zero-order valence-corrected chi connectivity index (χ0v) is 13.1. The first-order valence-corrected chi connectivity index (χ1v) is 8.13. The Balaban J connectivity index is 1.90. The standard InChI is InChI=1S/C16H26N4O/c1-11(2)19-16(15(17)21,12-7-8-12)9-20-10-18-13-5-3-4-6-14(13)20/h10-12,19H,3-9H2,1-2H3,(H2,17,21). The summed E-state index contributed by atoms with van der Waals surface area (Å²) >= 11 is 0. The molecule has 0 radical (unpaired) electrons. The van der Waals surface area contributed by atoms with Crippen LogP contribution in [0.25, 0.3) is 0 Å². The molecule has 1 aromatic rings. The van der Waals surface area contributed by atoms with Crippen molar-refractivity contribution in [2.45, 2.75) is 70.5 Å². The fourth-order valence-corrected chi connectivity index (χ4v) is 3.67. The lowest BCUT2D eigenvalue weighted by Crippen LogP contribution is -2.61. The Morgan fingerprint density at radius 3 is 2.81 bits per heavy atom. The number of hydrogen-bond donors (Lipinski definition) is 2. The molecule has 0 saturated heterocycles. The van der Waals surface area contributed by atoms with Crippen LogP contribution in [0.15, 0.2) is 6.33 Å². The Morgan fingerprint density at radius 1 is 1.48 bits per heavy atom. The van der Waals surface area contributed by atoms with Crippen LogP contribution in [0.5, 0.6) is 0 Å². The quantitative estimate of drug-likeness (QED) is 0.831. The average molecular weight is 290 g/mol. The Labute approximate surface area is 126 Å². The number of rotatable bonds is 6. The van der Waals surface area contributed by atoms with Gasteiger partial charge in [0, 0.05) is 11.7 Å². The zero-order valence-electron chi connectivity index (χ0n) is 13.1. The van der Waals surface area contributed by atoms with Gasteiger partial charge in [-0.1, -0.05) is 0 Å². The molecule has 21 heavy (non-hydrogen) atoms. The maximum absolute atomic E-state index is 12.3. The van der Waals surface area contributed by atoms with Gasteiger partial charge >= 0.3 is 0 Å². The molecule has 1 amide bonds. The number of nitrogens with two attached hydrogens (primary N) is 1. The molecule has 5 nitrogen and oxygen atoms in total. The summed E-state index contributed by atoms with van der Waals surface area (Å²) in [6.45, 7) is 4.76. The van der Waals surface area contributed by atoms with Crippen molar-refractivity contribution in [2.75, 3.05) is 0 Å². The van der Waals surface area contributed by atoms with Gasteiger partial charge in [-0.05, 0) is 58.3 Å². The van der Waals surface area contributed by atoms with E-state index in [0.29, 0.717) is 12.5 Å². The molecule has 0 spiro atoms. The maximum atomic E-state index is 12.3. The minimum Gasteiger partial charge on any atom is -0.368 e. The number of fused-ring (bicyclic) bond motifs is 1. The zero-order chi connectivity index (χ0) is 15.0. The van der Waals surface area contributed by atoms with Crippen molar-refractivity contribution in [2.24, 2.45) is 11.7 Å². The minimum absolute atomic E-state index is 0.225. The third kappa shape index (κ3) is 2.71. The van der Waals surface area contributed by atoms with E-state index in [1.54, 1.807) is 0 Å². The van der Waals surface area contributed by atoms with Gasteiger partial charge in [0.2, 0.25) is 5.91 Å². The highest BCUT2D eigenvalue weighted by atomic mass is 16.1. The lowest BCUT2D eigenvalue weighted by atomic mass is 9.90. The first kappa shape index (κ1) is 14.6. The van der Waals surface area contributed by atoms with Crippen molar-refractivity contribution in [1.82, 2.24) is 14.9 Å². The van der Waals surface area contributed by atoms with Crippen molar-refractivity contribution in [3.8, 4) is 0 Å². The molecule has 116 valence electrons. The van der Waals surface area contributed by atoms with E-state index in [0.717, 1.165) is 25.7 Å². The summed E-state index contributed by atoms with van der Waals surface area (Å²) in [5.74, 6) is 0.135. The van der Waals surface area contributed by atoms with Gasteiger partial charge in [-0.2, -0.15) is 0 Å². The van der Waals surface area contributed by atoms with Gasteiger partial charge in [-0.15, -0.1) is 0 Å². The SMILES string of the molecule is CC(C)NC(Cn1cnc2c1CCCC2)(C(N)=O)C1CC1. The van der Waals surface area contributed by atoms with E-state index in [4.69, 9.17) is 5.73 Å². The van der Waals surface area contributed by atoms with Gasteiger partial charge in [0.25, 0.3) is 0 Å². The van der Waals surface area contributed by atoms with Crippen LogP contribution in [0, 0.1) is 5.92 Å². The highest BCUT2D eigenvalue weighted by Crippen LogP contribution is 2.41. The smallest absolute Gasteiger partial charge is 0.239 e. The molecular weight excluding hydrogens is 264 g/mol. The van der Waals surface area contributed by atoms with Crippen LogP contribution >= 0.6 is 0 Å². The van der Waals surface area contributed by atoms with Gasteiger partial charge in [-0.3, -0.25) is 10.1 Å². The lowest BCUT2D eigenvalue weighted by molar-refractivity contribution is -0.126. The summed E-state index contributed by atoms with van der Waals surface area (Å²) in [4.78, 5) is 16.8. The summed E-state index contributed by atoms with van der Waals surface area (Å²) < 4.78 is 2.17. The van der Waals surface area contributed by atoms with E-state index in [1.165, 1.54) is 24.2 Å². The number of amides is 1. The van der Waals surface area contributed by atoms with E-state index in [9.17, 15) is 4.79 Å². The van der Waals surface area contributed by atoms with Gasteiger partial charge in [-0.25, -0.2) is 4.98 Å². The molecule has 1 fully saturated rings. The Hall–Kier alpha value is -1.36. The molecule has 3 N–H and O–H groups in total. The van der Waals surface area contributed by atoms with Gasteiger partial charge < -0.3 is 10.3 Å². The summed E-state index contributed by atoms with van der Waals surface area (Å²) in [6.07, 6.45) is 8.63. The van der Waals surface area contributed by atoms with Crippen LogP contribution in [0.1, 0.15) is 50.9 Å². The normalized spacial score (nSPS) is 21.1. The molecule has 1 heterocycles. The Bertz CT molecular complexity index is 532. The van der Waals surface area contributed by atoms with Crippen LogP contribution in [0.2, 0.25) is 0 Å². The third-order valence-electron chi connectivity index (χ3n) is 4.79. The molecule has 2 aliphatic carbocycles. The number of aromatic nitrogens is 2. The van der Waals surface area contributed by atoms with Crippen LogP contribution < -0.4 is 11.1 Å². The molecule has 1 unspecified atom stereocenters. The van der Waals surface area contributed by atoms with Crippen LogP contribution in [-0.2, 0) is 24.2 Å². The third-order valence-corrected chi connectivity index (χ3v) is 4.79. The average Bonchev–Trinajstić information content (AvgIpc) is 3.21. The maximum Gasteiger partial charge on any atom is 0.239 e. The molecule has 1 saturated carbocycles. The largest absolute Gasteiger partial charge is 0.368 e. The topological polar surface area (TPSA) is 72.9 Å². The Kier molecular flexibility index (Phi) is 3.78. The highest BCUT2D eigenvalue weighted by Gasteiger charge is 2.50. The van der Waals surface area contributed by atoms with Gasteiger partial charge in [0.1, 0.15) is 5.54 Å². The molecule has 1 atom stereocenters. The molecular formula is C16H26N4O. The summed E-state index contributed by atoms with van der Waals surface area (Å²) in [5, 5.41) is 3.48. The van der Waals surface area contributed by atoms with Crippen LogP contribution in [0.3, 0.4) is 0 Å². The van der Waals surface area contributed by atoms with Crippen molar-refractivity contribution in [1.29, 1.82) is 0 Å². The van der Waals surface area contributed by atoms with Crippen LogP contribution in [-0.4, -0.2) is 27.0 Å². The molecule has 3 rings (SSSR count). The van der Waals surface area contributed by atoms with Gasteiger partial charge in [0.15, 0.2) is 0 Å². The van der Waals surface area contributed by atoms with Crippen molar-refractivity contribution in [3.63, 3.8) is 0 Å². The number of hydrogen-bond acceptors (Lipinski definition) is 3. The number of nitrogens with one attached hydrogen (secondary N) is 1. The van der Waals surface area contributed by atoms with Crippen molar-refractivity contribution in [3.05, 3.63) is 17.7 Å². The molecule has 1 aromatic heterocycles. The first-order chi connectivity index (χ1) is 10.0. The number of carbonyl (C=O) groups is 1. The fraction of sp³-hybridized carbons (Fsp3) is 0.750. The van der Waals surface area contributed by atoms with E-state index in [1.807, 2.05) is 6.33 Å². The Morgan fingerprint density at radius 2 is 2.19 bits per heavy atom. The molecule has 2 aliphatic rings. The molecule has 0 bridgehead atoms. The summed E-state index contributed by atoms with van der Waals surface area (Å²) in [7, 11) is 0. The second-order valence-corrected chi connectivity index (χ2v) is 6.88. The number of primary amides is 1. The fourth-order valence-electron chi connectivity index (χ4n) is 3.67. The summed E-state index contributed by atoms with van der Waals surface area (Å²) in [6, 6.07) is 0.234. The molecule has 0 aromatic carbocycles. The lowest BCUT2D eigenvalue weighted by Gasteiger charge is -2.35. The second kappa shape index (κ2) is 5.44. The minimum atomic E-state index is -0.625. The first-order valence-electron chi connectivity index (χ1n) is 8.13. The van der Waals surface area contributed by atoms with Crippen molar-refractivity contribution >= 4 is 5.91 Å². The number of aryl methyl sites for hydroxylation is 1. The second-order valence-electron chi connectivity index (χ2n) is 6.88. The predicted molar refractivity (Wildman–Crippen MR) is 81.8 cm³/mol. The van der Waals surface area contributed by atoms with Crippen LogP contribution in [0.4, 0.5) is 0 Å². The monoisotopic (exact) mass is 290 g/mol. The van der Waals surface area contributed by atoms with Gasteiger partial charge in [0.05, 0.1) is 18.6 Å². The van der Waals surface area contributed by atoms with E-state index >= 15 is 0 Å². The van der Waals surface area contributed by atoms with E-state index in [-0.39, 0.29) is 11.9 Å². The van der Waals surface area contributed by atoms with E-state index in [2.05, 4.69) is 28.7 Å². The number of nitrogens with zero attached hydrogens (tertiary/aromatic N) is 2. The van der Waals surface area contributed by atoms with Crippen molar-refractivity contribution < 1.29 is 4.79 Å². The number of carbonyl (C=O) groups excluding carboxylic acids is 1. The predicted octanol–water partition coefficient (Wildman–Crippen LogP) is 1.39. The summed E-state index contributed by atoms with van der Waals surface area (Å²) in [5.41, 5.74) is 7.71. The highest BCUT2D eigenvalue weighted by molar-refractivity contribution is 5.85. The van der Waals surface area contributed by atoms with E-state index < -0.39 is 5.54 Å². The number of imidazole rings is 1. The molecule has 5 heteroatoms.